The number of amides is 2. The molecule has 42 heavy (non-hydrogen) atoms. The number of anilines is 2. The Balaban J connectivity index is 0.000000616. The van der Waals surface area contributed by atoms with Crippen LogP contribution in [-0.2, 0) is 11.2 Å². The van der Waals surface area contributed by atoms with Crippen molar-refractivity contribution in [1.29, 1.82) is 0 Å². The number of rotatable bonds is 8. The molecule has 0 saturated carbocycles. The second-order valence-corrected chi connectivity index (χ2v) is 8.62. The normalized spacial score (nSPS) is 10.7. The Bertz CT molecular complexity index is 1580. The summed E-state index contributed by atoms with van der Waals surface area (Å²) in [5.74, 6) is -2.84. The summed E-state index contributed by atoms with van der Waals surface area (Å²) in [4.78, 5) is 39.5. The summed E-state index contributed by atoms with van der Waals surface area (Å²) >= 11 is 0. The molecule has 0 fully saturated rings. The topological polar surface area (TPSA) is 153 Å². The zero-order valence-corrected chi connectivity index (χ0v) is 22.5. The molecule has 0 bridgehead atoms. The van der Waals surface area contributed by atoms with Crippen molar-refractivity contribution in [1.82, 2.24) is 4.98 Å². The molecule has 0 spiro atoms. The average Bonchev–Trinajstić information content (AvgIpc) is 2.97. The van der Waals surface area contributed by atoms with Gasteiger partial charge in [-0.1, -0.05) is 30.3 Å². The molecule has 220 valence electrons. The maximum atomic E-state index is 13.2. The Morgan fingerprint density at radius 2 is 1.52 bits per heavy atom. The van der Waals surface area contributed by atoms with E-state index in [0.29, 0.717) is 29.3 Å². The first-order chi connectivity index (χ1) is 20.0. The van der Waals surface area contributed by atoms with Gasteiger partial charge in [0.25, 0.3) is 11.8 Å². The molecule has 13 heteroatoms. The number of nitrogens with zero attached hydrogens (tertiary/aromatic N) is 1. The number of hydrogen-bond donors (Lipinski definition) is 4. The van der Waals surface area contributed by atoms with Crippen molar-refractivity contribution in [2.45, 2.75) is 12.6 Å². The van der Waals surface area contributed by atoms with E-state index in [1.54, 1.807) is 12.1 Å². The number of fused-ring (bicyclic) bond motifs is 1. The summed E-state index contributed by atoms with van der Waals surface area (Å²) in [5.41, 5.74) is 8.93. The fourth-order valence-electron chi connectivity index (χ4n) is 3.68. The summed E-state index contributed by atoms with van der Waals surface area (Å²) in [7, 11) is 2.97. The van der Waals surface area contributed by atoms with E-state index in [1.807, 2.05) is 48.5 Å². The van der Waals surface area contributed by atoms with Crippen molar-refractivity contribution < 1.29 is 42.1 Å². The smallest absolute Gasteiger partial charge is 0.490 e. The van der Waals surface area contributed by atoms with Gasteiger partial charge in [-0.25, -0.2) is 4.79 Å². The van der Waals surface area contributed by atoms with Crippen LogP contribution in [0, 0.1) is 0 Å². The molecule has 0 aliphatic rings. The van der Waals surface area contributed by atoms with Gasteiger partial charge in [0.15, 0.2) is 11.5 Å². The molecule has 0 aliphatic carbocycles. The molecule has 0 unspecified atom stereocenters. The lowest BCUT2D eigenvalue weighted by Crippen LogP contribution is -2.21. The van der Waals surface area contributed by atoms with Gasteiger partial charge >= 0.3 is 12.1 Å². The molecule has 1 aromatic heterocycles. The molecule has 5 N–H and O–H groups in total. The number of methoxy groups -OCH3 is 2. The highest BCUT2D eigenvalue weighted by Crippen LogP contribution is 2.34. The highest BCUT2D eigenvalue weighted by atomic mass is 19.4. The number of aliphatic carboxylic acids is 1. The molecule has 3 aromatic carbocycles. The van der Waals surface area contributed by atoms with E-state index >= 15 is 0 Å². The maximum Gasteiger partial charge on any atom is 0.490 e. The summed E-state index contributed by atoms with van der Waals surface area (Å²) < 4.78 is 42.5. The van der Waals surface area contributed by atoms with E-state index < -0.39 is 24.0 Å². The number of carbonyl (C=O) groups excluding carboxylic acids is 2. The fraction of sp³-hybridized carbons (Fsp3) is 0.172. The summed E-state index contributed by atoms with van der Waals surface area (Å²) in [6, 6.07) is 19.8. The Hall–Kier alpha value is -5.17. The number of carboxylic acid groups (broad SMARTS) is 1. The standard InChI is InChI=1S/C27H26N4O4.C2HF3O2/c1-34-24-14-21(27(33)30-20-9-7-17(8-10-20)11-12-28)23(15-25(24)35-2)31-26(32)19-13-18-5-3-4-6-22(18)29-16-19;3-2(4,5)1(6)7/h3-10,13-16H,11-12,28H2,1-2H3,(H,30,33)(H,31,32);(H,6,7). The van der Waals surface area contributed by atoms with Crippen LogP contribution < -0.4 is 25.8 Å². The molecule has 1 heterocycles. The minimum atomic E-state index is -5.08. The number of alkyl halides is 3. The van der Waals surface area contributed by atoms with Gasteiger partial charge in [-0.3, -0.25) is 14.6 Å². The number of hydrogen-bond acceptors (Lipinski definition) is 7. The van der Waals surface area contributed by atoms with Gasteiger partial charge in [0.05, 0.1) is 36.6 Å². The van der Waals surface area contributed by atoms with E-state index in [-0.39, 0.29) is 11.3 Å². The maximum absolute atomic E-state index is 13.2. The van der Waals surface area contributed by atoms with Gasteiger partial charge in [-0.05, 0) is 48.9 Å². The molecule has 0 radical (unpaired) electrons. The van der Waals surface area contributed by atoms with Gasteiger partial charge in [-0.2, -0.15) is 13.2 Å². The minimum absolute atomic E-state index is 0.218. The number of carboxylic acids is 1. The Morgan fingerprint density at radius 3 is 2.12 bits per heavy atom. The van der Waals surface area contributed by atoms with Crippen LogP contribution in [0.15, 0.2) is 72.9 Å². The highest BCUT2D eigenvalue weighted by molar-refractivity contribution is 6.13. The van der Waals surface area contributed by atoms with Crippen LogP contribution in [0.3, 0.4) is 0 Å². The van der Waals surface area contributed by atoms with Crippen molar-refractivity contribution >= 4 is 40.1 Å². The third-order valence-electron chi connectivity index (χ3n) is 5.76. The van der Waals surface area contributed by atoms with Gasteiger partial charge in [-0.15, -0.1) is 0 Å². The number of para-hydroxylation sites is 1. The highest BCUT2D eigenvalue weighted by Gasteiger charge is 2.38. The number of nitrogens with one attached hydrogen (secondary N) is 2. The minimum Gasteiger partial charge on any atom is -0.493 e. The predicted octanol–water partition coefficient (Wildman–Crippen LogP) is 4.89. The molecule has 2 amide bonds. The third-order valence-corrected chi connectivity index (χ3v) is 5.76. The van der Waals surface area contributed by atoms with Crippen molar-refractivity contribution in [3.8, 4) is 11.5 Å². The van der Waals surface area contributed by atoms with Crippen LogP contribution in [0.5, 0.6) is 11.5 Å². The van der Waals surface area contributed by atoms with Crippen LogP contribution in [0.1, 0.15) is 26.3 Å². The lowest BCUT2D eigenvalue weighted by molar-refractivity contribution is -0.192. The molecule has 0 atom stereocenters. The third kappa shape index (κ3) is 8.17. The molecular weight excluding hydrogens is 557 g/mol. The van der Waals surface area contributed by atoms with Crippen molar-refractivity contribution in [3.05, 3.63) is 89.6 Å². The number of pyridine rings is 1. The van der Waals surface area contributed by atoms with Crippen LogP contribution in [0.2, 0.25) is 0 Å². The first kappa shape index (κ1) is 31.4. The zero-order chi connectivity index (χ0) is 30.9. The van der Waals surface area contributed by atoms with Gasteiger partial charge in [0.2, 0.25) is 0 Å². The number of aromatic nitrogens is 1. The molecule has 10 nitrogen and oxygen atoms in total. The predicted molar refractivity (Wildman–Crippen MR) is 150 cm³/mol. The summed E-state index contributed by atoms with van der Waals surface area (Å²) in [5, 5.41) is 13.6. The first-order valence-corrected chi connectivity index (χ1v) is 12.3. The van der Waals surface area contributed by atoms with Crippen molar-refractivity contribution in [3.63, 3.8) is 0 Å². The summed E-state index contributed by atoms with van der Waals surface area (Å²) in [6.07, 6.45) is -2.83. The van der Waals surface area contributed by atoms with E-state index in [1.165, 1.54) is 26.5 Å². The molecule has 0 aliphatic heterocycles. The van der Waals surface area contributed by atoms with Crippen LogP contribution in [0.25, 0.3) is 10.9 Å². The van der Waals surface area contributed by atoms with Crippen LogP contribution >= 0.6 is 0 Å². The zero-order valence-electron chi connectivity index (χ0n) is 22.5. The molecule has 4 rings (SSSR count). The average molecular weight is 585 g/mol. The van der Waals surface area contributed by atoms with Crippen LogP contribution in [0.4, 0.5) is 24.5 Å². The SMILES string of the molecule is COc1cc(NC(=O)c2cnc3ccccc3c2)c(C(=O)Nc2ccc(CCN)cc2)cc1OC.O=C(O)C(F)(F)F. The number of benzene rings is 3. The van der Waals surface area contributed by atoms with Crippen molar-refractivity contribution in [2.75, 3.05) is 31.4 Å². The first-order valence-electron chi connectivity index (χ1n) is 12.3. The van der Waals surface area contributed by atoms with Gasteiger partial charge in [0.1, 0.15) is 0 Å². The van der Waals surface area contributed by atoms with E-state index in [4.69, 9.17) is 25.1 Å². The van der Waals surface area contributed by atoms with E-state index in [9.17, 15) is 22.8 Å². The van der Waals surface area contributed by atoms with Crippen LogP contribution in [-0.4, -0.2) is 54.8 Å². The van der Waals surface area contributed by atoms with Gasteiger partial charge < -0.3 is 30.9 Å². The lowest BCUT2D eigenvalue weighted by Gasteiger charge is -2.16. The number of carbonyl (C=O) groups is 3. The van der Waals surface area contributed by atoms with Crippen molar-refractivity contribution in [2.24, 2.45) is 5.73 Å². The molecule has 4 aromatic rings. The second-order valence-electron chi connectivity index (χ2n) is 8.62. The summed E-state index contributed by atoms with van der Waals surface area (Å²) in [6.45, 7) is 0.549. The Morgan fingerprint density at radius 1 is 0.905 bits per heavy atom. The molecule has 0 saturated heterocycles. The number of halogens is 3. The number of nitrogens with two attached hydrogens (primary N) is 1. The molecular formula is C29H27F3N4O6. The van der Waals surface area contributed by atoms with Gasteiger partial charge in [0, 0.05) is 23.3 Å². The Labute approximate surface area is 238 Å². The largest absolute Gasteiger partial charge is 0.493 e. The Kier molecular flexibility index (Phi) is 10.4. The quantitative estimate of drug-likeness (QED) is 0.228. The van der Waals surface area contributed by atoms with E-state index in [0.717, 1.165) is 22.9 Å². The van der Waals surface area contributed by atoms with E-state index in [2.05, 4.69) is 15.6 Å². The fourth-order valence-corrected chi connectivity index (χ4v) is 3.68. The monoisotopic (exact) mass is 584 g/mol. The lowest BCUT2D eigenvalue weighted by atomic mass is 10.1. The number of ether oxygens (including phenoxy) is 2. The second kappa shape index (κ2) is 13.9.